The molecule has 0 aliphatic heterocycles. The SMILES string of the molecule is Cc1ccc(-c2nc(CN[C@H]3CCCC[C@@H]3S(C)(=O)=O)co2)cc1. The average molecular weight is 348 g/mol. The van der Waals surface area contributed by atoms with Crippen LogP contribution in [0.5, 0.6) is 0 Å². The standard InChI is InChI=1S/C18H24N2O3S/c1-13-7-9-14(10-8-13)18-20-15(12-23-18)11-19-16-5-3-4-6-17(16)24(2,21)22/h7-10,12,16-17,19H,3-6,11H2,1-2H3/t16-,17-/m0/s1. The van der Waals surface area contributed by atoms with Gasteiger partial charge in [0.05, 0.1) is 10.9 Å². The third kappa shape index (κ3) is 4.05. The number of aromatic nitrogens is 1. The summed E-state index contributed by atoms with van der Waals surface area (Å²) in [7, 11) is -3.03. The summed E-state index contributed by atoms with van der Waals surface area (Å²) in [6.45, 7) is 2.56. The van der Waals surface area contributed by atoms with Crippen molar-refractivity contribution in [1.82, 2.24) is 10.3 Å². The fourth-order valence-corrected chi connectivity index (χ4v) is 4.72. The molecular formula is C18H24N2O3S. The molecule has 0 saturated heterocycles. The minimum absolute atomic E-state index is 0.00623. The third-order valence-corrected chi connectivity index (χ3v) is 6.31. The van der Waals surface area contributed by atoms with E-state index in [-0.39, 0.29) is 11.3 Å². The largest absolute Gasteiger partial charge is 0.444 e. The number of nitrogens with zero attached hydrogens (tertiary/aromatic N) is 1. The van der Waals surface area contributed by atoms with Crippen LogP contribution >= 0.6 is 0 Å². The van der Waals surface area contributed by atoms with Gasteiger partial charge in [-0.25, -0.2) is 13.4 Å². The summed E-state index contributed by atoms with van der Waals surface area (Å²) >= 11 is 0. The highest BCUT2D eigenvalue weighted by Crippen LogP contribution is 2.25. The fourth-order valence-electron chi connectivity index (χ4n) is 3.30. The van der Waals surface area contributed by atoms with Crippen molar-refractivity contribution in [3.63, 3.8) is 0 Å². The summed E-state index contributed by atoms with van der Waals surface area (Å²) in [5.74, 6) is 0.593. The van der Waals surface area contributed by atoms with Crippen molar-refractivity contribution in [1.29, 1.82) is 0 Å². The molecule has 24 heavy (non-hydrogen) atoms. The third-order valence-electron chi connectivity index (χ3n) is 4.65. The average Bonchev–Trinajstić information content (AvgIpc) is 3.02. The first-order valence-electron chi connectivity index (χ1n) is 8.37. The number of nitrogens with one attached hydrogen (secondary N) is 1. The highest BCUT2D eigenvalue weighted by atomic mass is 32.2. The molecule has 1 aliphatic rings. The van der Waals surface area contributed by atoms with Gasteiger partial charge in [0, 0.05) is 24.4 Å². The molecule has 6 heteroatoms. The first-order valence-corrected chi connectivity index (χ1v) is 10.3. The Morgan fingerprint density at radius 1 is 1.21 bits per heavy atom. The molecule has 1 fully saturated rings. The number of hydrogen-bond donors (Lipinski definition) is 1. The molecular weight excluding hydrogens is 324 g/mol. The minimum atomic E-state index is -3.03. The number of aryl methyl sites for hydroxylation is 1. The Hall–Kier alpha value is -1.66. The Kier molecular flexibility index (Phi) is 5.06. The number of hydrogen-bond acceptors (Lipinski definition) is 5. The van der Waals surface area contributed by atoms with Gasteiger partial charge in [-0.1, -0.05) is 30.5 Å². The van der Waals surface area contributed by atoms with E-state index in [2.05, 4.69) is 10.3 Å². The molecule has 0 bridgehead atoms. The lowest BCUT2D eigenvalue weighted by Gasteiger charge is -2.30. The van der Waals surface area contributed by atoms with Crippen LogP contribution in [0, 0.1) is 6.92 Å². The van der Waals surface area contributed by atoms with E-state index in [1.165, 1.54) is 11.8 Å². The van der Waals surface area contributed by atoms with E-state index in [0.717, 1.165) is 36.9 Å². The molecule has 1 aliphatic carbocycles. The van der Waals surface area contributed by atoms with Crippen molar-refractivity contribution in [2.75, 3.05) is 6.26 Å². The van der Waals surface area contributed by atoms with Crippen LogP contribution in [0.2, 0.25) is 0 Å². The molecule has 0 radical (unpaired) electrons. The second kappa shape index (κ2) is 7.07. The monoisotopic (exact) mass is 348 g/mol. The van der Waals surface area contributed by atoms with E-state index in [1.807, 2.05) is 31.2 Å². The molecule has 0 spiro atoms. The van der Waals surface area contributed by atoms with Crippen LogP contribution < -0.4 is 5.32 Å². The minimum Gasteiger partial charge on any atom is -0.444 e. The number of oxazole rings is 1. The van der Waals surface area contributed by atoms with Crippen molar-refractivity contribution in [3.8, 4) is 11.5 Å². The van der Waals surface area contributed by atoms with E-state index in [0.29, 0.717) is 12.4 Å². The van der Waals surface area contributed by atoms with E-state index < -0.39 is 9.84 Å². The fraction of sp³-hybridized carbons (Fsp3) is 0.500. The zero-order valence-electron chi connectivity index (χ0n) is 14.2. The van der Waals surface area contributed by atoms with Crippen LogP contribution in [-0.2, 0) is 16.4 Å². The zero-order valence-corrected chi connectivity index (χ0v) is 15.0. The summed E-state index contributed by atoms with van der Waals surface area (Å²) < 4.78 is 29.5. The Bertz CT molecular complexity index is 781. The zero-order chi connectivity index (χ0) is 17.2. The van der Waals surface area contributed by atoms with Gasteiger partial charge in [0.15, 0.2) is 9.84 Å². The molecule has 0 amide bonds. The van der Waals surface area contributed by atoms with E-state index in [1.54, 1.807) is 6.26 Å². The van der Waals surface area contributed by atoms with Crippen LogP contribution in [-0.4, -0.2) is 30.9 Å². The van der Waals surface area contributed by atoms with Gasteiger partial charge in [-0.3, -0.25) is 0 Å². The molecule has 1 heterocycles. The van der Waals surface area contributed by atoms with Crippen LogP contribution in [0.4, 0.5) is 0 Å². The van der Waals surface area contributed by atoms with Crippen LogP contribution in [0.15, 0.2) is 34.9 Å². The smallest absolute Gasteiger partial charge is 0.226 e. The van der Waals surface area contributed by atoms with Gasteiger partial charge in [0.1, 0.15) is 6.26 Å². The van der Waals surface area contributed by atoms with Crippen LogP contribution in [0.1, 0.15) is 36.9 Å². The maximum absolute atomic E-state index is 12.0. The summed E-state index contributed by atoms with van der Waals surface area (Å²) in [4.78, 5) is 4.50. The number of sulfone groups is 1. The molecule has 3 rings (SSSR count). The summed E-state index contributed by atoms with van der Waals surface area (Å²) in [5, 5.41) is 3.07. The second-order valence-corrected chi connectivity index (χ2v) is 8.91. The van der Waals surface area contributed by atoms with Gasteiger partial charge in [-0.15, -0.1) is 0 Å². The predicted molar refractivity (Wildman–Crippen MR) is 94.4 cm³/mol. The molecule has 1 aromatic heterocycles. The second-order valence-electron chi connectivity index (χ2n) is 6.65. The van der Waals surface area contributed by atoms with Crippen LogP contribution in [0.3, 0.4) is 0 Å². The van der Waals surface area contributed by atoms with Gasteiger partial charge in [-0.2, -0.15) is 0 Å². The van der Waals surface area contributed by atoms with Gasteiger partial charge in [-0.05, 0) is 31.9 Å². The van der Waals surface area contributed by atoms with Gasteiger partial charge in [0.2, 0.25) is 5.89 Å². The van der Waals surface area contributed by atoms with E-state index >= 15 is 0 Å². The quantitative estimate of drug-likeness (QED) is 0.899. The molecule has 1 saturated carbocycles. The molecule has 1 N–H and O–H groups in total. The lowest BCUT2D eigenvalue weighted by Crippen LogP contribution is -2.45. The Labute approximate surface area is 143 Å². The van der Waals surface area contributed by atoms with Gasteiger partial charge in [0.25, 0.3) is 0 Å². The molecule has 2 aromatic rings. The summed E-state index contributed by atoms with van der Waals surface area (Å²) in [6, 6.07) is 8.01. The van der Waals surface area contributed by atoms with Gasteiger partial charge >= 0.3 is 0 Å². The van der Waals surface area contributed by atoms with Crippen molar-refractivity contribution in [2.45, 2.75) is 50.4 Å². The molecule has 1 aromatic carbocycles. The first-order chi connectivity index (χ1) is 11.4. The maximum Gasteiger partial charge on any atom is 0.226 e. The lowest BCUT2D eigenvalue weighted by atomic mass is 9.95. The Balaban J connectivity index is 1.65. The first kappa shape index (κ1) is 17.2. The highest BCUT2D eigenvalue weighted by Gasteiger charge is 2.32. The number of rotatable bonds is 5. The number of benzene rings is 1. The molecule has 5 nitrogen and oxygen atoms in total. The van der Waals surface area contributed by atoms with E-state index in [9.17, 15) is 8.42 Å². The topological polar surface area (TPSA) is 72.2 Å². The lowest BCUT2D eigenvalue weighted by molar-refractivity contribution is 0.369. The normalized spacial score (nSPS) is 21.8. The Morgan fingerprint density at radius 2 is 1.92 bits per heavy atom. The van der Waals surface area contributed by atoms with Gasteiger partial charge < -0.3 is 9.73 Å². The van der Waals surface area contributed by atoms with Crippen molar-refractivity contribution in [2.24, 2.45) is 0 Å². The maximum atomic E-state index is 12.0. The van der Waals surface area contributed by atoms with Crippen molar-refractivity contribution < 1.29 is 12.8 Å². The van der Waals surface area contributed by atoms with E-state index in [4.69, 9.17) is 4.42 Å². The Morgan fingerprint density at radius 3 is 2.62 bits per heavy atom. The molecule has 0 unspecified atom stereocenters. The predicted octanol–water partition coefficient (Wildman–Crippen LogP) is 3.10. The summed E-state index contributed by atoms with van der Waals surface area (Å²) in [5.41, 5.74) is 2.93. The summed E-state index contributed by atoms with van der Waals surface area (Å²) in [6.07, 6.45) is 6.66. The van der Waals surface area contributed by atoms with Crippen molar-refractivity contribution in [3.05, 3.63) is 41.8 Å². The molecule has 2 atom stereocenters. The highest BCUT2D eigenvalue weighted by molar-refractivity contribution is 7.91. The van der Waals surface area contributed by atoms with Crippen molar-refractivity contribution >= 4 is 9.84 Å². The molecule has 130 valence electrons. The van der Waals surface area contributed by atoms with Crippen LogP contribution in [0.25, 0.3) is 11.5 Å².